The second-order valence-corrected chi connectivity index (χ2v) is 6.77. The second kappa shape index (κ2) is 7.22. The third-order valence-corrected chi connectivity index (χ3v) is 4.67. The molecule has 1 aliphatic heterocycles. The Morgan fingerprint density at radius 2 is 1.86 bits per heavy atom. The maximum atomic E-state index is 14.2. The summed E-state index contributed by atoms with van der Waals surface area (Å²) in [7, 11) is 1.39. The van der Waals surface area contributed by atoms with Crippen molar-refractivity contribution in [2.24, 2.45) is 0 Å². The first kappa shape index (κ1) is 19.2. The Kier molecular flexibility index (Phi) is 4.96. The van der Waals surface area contributed by atoms with E-state index in [2.05, 4.69) is 5.32 Å². The molecule has 1 saturated heterocycles. The van der Waals surface area contributed by atoms with E-state index in [9.17, 15) is 24.1 Å². The molecule has 2 aromatic rings. The maximum Gasteiger partial charge on any atom is 0.279 e. The van der Waals surface area contributed by atoms with Gasteiger partial charge in [0, 0.05) is 19.5 Å². The first-order valence-corrected chi connectivity index (χ1v) is 8.52. The number of amides is 2. The first-order valence-electron chi connectivity index (χ1n) is 8.52. The number of nitro benzene ring substituents is 1. The lowest BCUT2D eigenvalue weighted by atomic mass is 9.88. The van der Waals surface area contributed by atoms with Crippen molar-refractivity contribution in [2.45, 2.75) is 18.9 Å². The quantitative estimate of drug-likeness (QED) is 0.499. The van der Waals surface area contributed by atoms with E-state index >= 15 is 0 Å². The van der Waals surface area contributed by atoms with Gasteiger partial charge in [0.2, 0.25) is 0 Å². The summed E-state index contributed by atoms with van der Waals surface area (Å²) in [5.74, 6) is -1.87. The van der Waals surface area contributed by atoms with Crippen molar-refractivity contribution in [3.8, 4) is 0 Å². The molecular formula is C20H18FN3O4. The minimum Gasteiger partial charge on any atom is -0.336 e. The Bertz CT molecular complexity index is 990. The lowest BCUT2D eigenvalue weighted by Crippen LogP contribution is -2.64. The molecule has 2 aromatic carbocycles. The molecule has 0 spiro atoms. The van der Waals surface area contributed by atoms with Crippen molar-refractivity contribution in [3.05, 3.63) is 81.3 Å². The van der Waals surface area contributed by atoms with Gasteiger partial charge in [-0.2, -0.15) is 0 Å². The van der Waals surface area contributed by atoms with Crippen LogP contribution in [-0.2, 0) is 16.0 Å². The van der Waals surface area contributed by atoms with Crippen molar-refractivity contribution in [1.29, 1.82) is 0 Å². The van der Waals surface area contributed by atoms with Gasteiger partial charge in [0.05, 0.1) is 10.5 Å². The Balaban J connectivity index is 1.98. The Morgan fingerprint density at radius 3 is 2.50 bits per heavy atom. The maximum absolute atomic E-state index is 14.2. The number of rotatable bonds is 4. The number of carbonyl (C=O) groups is 2. The van der Waals surface area contributed by atoms with Crippen molar-refractivity contribution < 1.29 is 18.9 Å². The number of benzene rings is 2. The van der Waals surface area contributed by atoms with Gasteiger partial charge < -0.3 is 10.2 Å². The Labute approximate surface area is 160 Å². The molecule has 0 aromatic heterocycles. The highest BCUT2D eigenvalue weighted by Crippen LogP contribution is 2.28. The van der Waals surface area contributed by atoms with Crippen LogP contribution in [0.25, 0.3) is 6.08 Å². The van der Waals surface area contributed by atoms with Gasteiger partial charge in [0.15, 0.2) is 0 Å². The molecule has 7 nitrogen and oxygen atoms in total. The van der Waals surface area contributed by atoms with E-state index in [0.29, 0.717) is 0 Å². The third kappa shape index (κ3) is 3.48. The van der Waals surface area contributed by atoms with E-state index < -0.39 is 33.8 Å². The van der Waals surface area contributed by atoms with Gasteiger partial charge >= 0.3 is 0 Å². The fraction of sp³-hybridized carbons (Fsp3) is 0.200. The van der Waals surface area contributed by atoms with Crippen LogP contribution in [0.3, 0.4) is 0 Å². The van der Waals surface area contributed by atoms with Crippen LogP contribution in [0.1, 0.15) is 18.1 Å². The lowest BCUT2D eigenvalue weighted by Gasteiger charge is -2.39. The predicted molar refractivity (Wildman–Crippen MR) is 100 cm³/mol. The molecule has 3 rings (SSSR count). The summed E-state index contributed by atoms with van der Waals surface area (Å²) in [6.45, 7) is 1.61. The SMILES string of the molecule is CN1C(=O)C(C)(Cc2ccccc2)NC(=O)/C1=C\c1c(F)cccc1[N+](=O)[O-]. The van der Waals surface area contributed by atoms with E-state index in [1.54, 1.807) is 6.92 Å². The number of nitro groups is 1. The van der Waals surface area contributed by atoms with Crippen LogP contribution < -0.4 is 5.32 Å². The van der Waals surface area contributed by atoms with Crippen molar-refractivity contribution in [1.82, 2.24) is 10.2 Å². The molecule has 1 aliphatic rings. The van der Waals surface area contributed by atoms with Crippen LogP contribution in [0, 0.1) is 15.9 Å². The van der Waals surface area contributed by atoms with Crippen LogP contribution in [-0.4, -0.2) is 34.2 Å². The molecule has 1 N–H and O–H groups in total. The molecule has 8 heteroatoms. The Hall–Kier alpha value is -3.55. The van der Waals surface area contributed by atoms with Gasteiger partial charge in [-0.1, -0.05) is 36.4 Å². The number of halogens is 1. The van der Waals surface area contributed by atoms with Crippen LogP contribution in [0.4, 0.5) is 10.1 Å². The smallest absolute Gasteiger partial charge is 0.279 e. The molecular weight excluding hydrogens is 365 g/mol. The predicted octanol–water partition coefficient (Wildman–Crippen LogP) is 2.66. The largest absolute Gasteiger partial charge is 0.336 e. The third-order valence-electron chi connectivity index (χ3n) is 4.67. The summed E-state index contributed by atoms with van der Waals surface area (Å²) in [6.07, 6.45) is 1.30. The topological polar surface area (TPSA) is 92.6 Å². The lowest BCUT2D eigenvalue weighted by molar-refractivity contribution is -0.385. The highest BCUT2D eigenvalue weighted by atomic mass is 19.1. The fourth-order valence-electron chi connectivity index (χ4n) is 3.25. The monoisotopic (exact) mass is 383 g/mol. The zero-order valence-corrected chi connectivity index (χ0v) is 15.3. The number of hydrogen-bond acceptors (Lipinski definition) is 4. The number of nitrogens with zero attached hydrogens (tertiary/aromatic N) is 2. The normalized spacial score (nSPS) is 21.0. The van der Waals surface area contributed by atoms with Gasteiger partial charge in [-0.15, -0.1) is 0 Å². The molecule has 1 fully saturated rings. The van der Waals surface area contributed by atoms with E-state index in [0.717, 1.165) is 28.7 Å². The number of hydrogen-bond donors (Lipinski definition) is 1. The summed E-state index contributed by atoms with van der Waals surface area (Å²) < 4.78 is 14.2. The molecule has 0 bridgehead atoms. The molecule has 0 radical (unpaired) electrons. The molecule has 1 unspecified atom stereocenters. The fourth-order valence-corrected chi connectivity index (χ4v) is 3.25. The van der Waals surface area contributed by atoms with Gasteiger partial charge in [-0.05, 0) is 24.6 Å². The highest BCUT2D eigenvalue weighted by molar-refractivity contribution is 6.09. The summed E-state index contributed by atoms with van der Waals surface area (Å²) in [4.78, 5) is 37.2. The number of piperazine rings is 1. The van der Waals surface area contributed by atoms with Crippen LogP contribution in [0.2, 0.25) is 0 Å². The van der Waals surface area contributed by atoms with Crippen molar-refractivity contribution in [2.75, 3.05) is 7.05 Å². The van der Waals surface area contributed by atoms with E-state index in [1.807, 2.05) is 30.3 Å². The standard InChI is InChI=1S/C20H18FN3O4/c1-20(12-13-7-4-3-5-8-13)19(26)23(2)17(18(25)22-20)11-14-15(21)9-6-10-16(14)24(27)28/h3-11H,12H2,1-2H3,(H,22,25)/b17-11+. The molecule has 0 aliphatic carbocycles. The van der Waals surface area contributed by atoms with Crippen LogP contribution in [0.5, 0.6) is 0 Å². The molecule has 0 saturated carbocycles. The molecule has 144 valence electrons. The summed E-state index contributed by atoms with van der Waals surface area (Å²) in [5.41, 5.74) is -1.33. The summed E-state index contributed by atoms with van der Waals surface area (Å²) in [6, 6.07) is 12.6. The van der Waals surface area contributed by atoms with Gasteiger partial charge in [-0.3, -0.25) is 19.7 Å². The minimum absolute atomic E-state index is 0.163. The van der Waals surface area contributed by atoms with Gasteiger partial charge in [0.1, 0.15) is 17.1 Å². The van der Waals surface area contributed by atoms with Crippen molar-refractivity contribution >= 4 is 23.6 Å². The molecule has 28 heavy (non-hydrogen) atoms. The Morgan fingerprint density at radius 1 is 1.18 bits per heavy atom. The minimum atomic E-state index is -1.19. The molecule has 1 heterocycles. The summed E-state index contributed by atoms with van der Waals surface area (Å²) >= 11 is 0. The first-order chi connectivity index (χ1) is 13.2. The van der Waals surface area contributed by atoms with Crippen molar-refractivity contribution in [3.63, 3.8) is 0 Å². The van der Waals surface area contributed by atoms with E-state index in [1.165, 1.54) is 13.1 Å². The number of likely N-dealkylation sites (N-methyl/N-ethyl adjacent to an activating group) is 1. The van der Waals surface area contributed by atoms with Gasteiger partial charge in [-0.25, -0.2) is 4.39 Å². The number of carbonyl (C=O) groups excluding carboxylic acids is 2. The average molecular weight is 383 g/mol. The summed E-state index contributed by atoms with van der Waals surface area (Å²) in [5, 5.41) is 13.8. The average Bonchev–Trinajstić information content (AvgIpc) is 2.65. The van der Waals surface area contributed by atoms with Crippen LogP contribution >= 0.6 is 0 Å². The van der Waals surface area contributed by atoms with E-state index in [-0.39, 0.29) is 17.7 Å². The second-order valence-electron chi connectivity index (χ2n) is 6.77. The zero-order valence-electron chi connectivity index (χ0n) is 15.3. The molecule has 2 amide bonds. The highest BCUT2D eigenvalue weighted by Gasteiger charge is 2.44. The number of nitrogens with one attached hydrogen (secondary N) is 1. The van der Waals surface area contributed by atoms with E-state index in [4.69, 9.17) is 0 Å². The van der Waals surface area contributed by atoms with Gasteiger partial charge in [0.25, 0.3) is 17.5 Å². The zero-order chi connectivity index (χ0) is 20.5. The van der Waals surface area contributed by atoms with Crippen LogP contribution in [0.15, 0.2) is 54.2 Å². The molecule has 1 atom stereocenters.